The highest BCUT2D eigenvalue weighted by atomic mass is 16.5. The van der Waals surface area contributed by atoms with E-state index in [2.05, 4.69) is 13.0 Å². The fourth-order valence-corrected chi connectivity index (χ4v) is 4.33. The summed E-state index contributed by atoms with van der Waals surface area (Å²) in [6.45, 7) is 2.24. The lowest BCUT2D eigenvalue weighted by molar-refractivity contribution is -0.166. The van der Waals surface area contributed by atoms with E-state index < -0.39 is 0 Å². The molecule has 0 aromatic rings. The van der Waals surface area contributed by atoms with Gasteiger partial charge in [-0.15, -0.1) is 0 Å². The molecule has 0 unspecified atom stereocenters. The molecule has 1 aliphatic heterocycles. The van der Waals surface area contributed by atoms with Gasteiger partial charge >= 0.3 is 5.97 Å². The SMILES string of the molecule is CCCC[C@H]1[C@H]2CCC[C@@]13CCC=C3C(=O)O2. The number of hydrogen-bond donors (Lipinski definition) is 0. The van der Waals surface area contributed by atoms with Gasteiger partial charge < -0.3 is 4.74 Å². The maximum absolute atomic E-state index is 12.0. The van der Waals surface area contributed by atoms with Gasteiger partial charge in [-0.3, -0.25) is 0 Å². The third-order valence-corrected chi connectivity index (χ3v) is 5.09. The molecule has 0 amide bonds. The van der Waals surface area contributed by atoms with E-state index in [1.807, 2.05) is 0 Å². The van der Waals surface area contributed by atoms with Crippen molar-refractivity contribution in [2.24, 2.45) is 11.3 Å². The van der Waals surface area contributed by atoms with Crippen LogP contribution in [0.5, 0.6) is 0 Å². The van der Waals surface area contributed by atoms with Crippen LogP contribution in [0.2, 0.25) is 0 Å². The smallest absolute Gasteiger partial charge is 0.334 e. The number of ether oxygens (including phenoxy) is 1. The van der Waals surface area contributed by atoms with Gasteiger partial charge in [0.2, 0.25) is 0 Å². The Labute approximate surface area is 103 Å². The minimum Gasteiger partial charge on any atom is -0.459 e. The van der Waals surface area contributed by atoms with Crippen molar-refractivity contribution in [3.8, 4) is 0 Å². The molecule has 0 aromatic carbocycles. The molecule has 2 aliphatic carbocycles. The third-order valence-electron chi connectivity index (χ3n) is 5.09. The molecule has 2 heteroatoms. The predicted octanol–water partition coefficient (Wildman–Crippen LogP) is 3.61. The zero-order valence-corrected chi connectivity index (χ0v) is 10.7. The number of carbonyl (C=O) groups is 1. The van der Waals surface area contributed by atoms with E-state index in [4.69, 9.17) is 4.74 Å². The van der Waals surface area contributed by atoms with Gasteiger partial charge in [0.05, 0.1) is 0 Å². The highest BCUT2D eigenvalue weighted by molar-refractivity contribution is 5.92. The second-order valence-corrected chi connectivity index (χ2v) is 5.90. The molecule has 0 radical (unpaired) electrons. The number of rotatable bonds is 3. The van der Waals surface area contributed by atoms with Crippen molar-refractivity contribution >= 4 is 5.97 Å². The van der Waals surface area contributed by atoms with Crippen LogP contribution in [0.4, 0.5) is 0 Å². The van der Waals surface area contributed by atoms with Crippen LogP contribution in [0.1, 0.15) is 58.3 Å². The minimum absolute atomic E-state index is 0.0000477. The van der Waals surface area contributed by atoms with Gasteiger partial charge in [0.15, 0.2) is 0 Å². The second-order valence-electron chi connectivity index (χ2n) is 5.90. The summed E-state index contributed by atoms with van der Waals surface area (Å²) in [7, 11) is 0. The summed E-state index contributed by atoms with van der Waals surface area (Å²) in [6.07, 6.45) is 12.0. The van der Waals surface area contributed by atoms with E-state index in [0.717, 1.165) is 18.4 Å². The number of esters is 1. The van der Waals surface area contributed by atoms with Crippen molar-refractivity contribution in [3.05, 3.63) is 11.6 Å². The van der Waals surface area contributed by atoms with Gasteiger partial charge in [-0.2, -0.15) is 0 Å². The Kier molecular flexibility index (Phi) is 2.76. The maximum atomic E-state index is 12.0. The van der Waals surface area contributed by atoms with Gasteiger partial charge in [-0.25, -0.2) is 4.79 Å². The molecule has 0 aromatic heterocycles. The third kappa shape index (κ3) is 1.56. The lowest BCUT2D eigenvalue weighted by atomic mass is 9.58. The first-order chi connectivity index (χ1) is 8.28. The van der Waals surface area contributed by atoms with Crippen molar-refractivity contribution in [3.63, 3.8) is 0 Å². The Bertz CT molecular complexity index is 358. The van der Waals surface area contributed by atoms with Crippen LogP contribution in [-0.4, -0.2) is 12.1 Å². The molecule has 3 atom stereocenters. The average molecular weight is 234 g/mol. The predicted molar refractivity (Wildman–Crippen MR) is 66.5 cm³/mol. The van der Waals surface area contributed by atoms with E-state index in [-0.39, 0.29) is 17.5 Å². The summed E-state index contributed by atoms with van der Waals surface area (Å²) in [5.74, 6) is 0.614. The molecule has 1 saturated carbocycles. The first-order valence-corrected chi connectivity index (χ1v) is 7.19. The molecule has 0 N–H and O–H groups in total. The van der Waals surface area contributed by atoms with E-state index in [9.17, 15) is 4.79 Å². The van der Waals surface area contributed by atoms with Gasteiger partial charge in [-0.05, 0) is 38.5 Å². The maximum Gasteiger partial charge on any atom is 0.334 e. The Morgan fingerprint density at radius 1 is 1.47 bits per heavy atom. The van der Waals surface area contributed by atoms with Crippen molar-refractivity contribution < 1.29 is 9.53 Å². The second kappa shape index (κ2) is 4.15. The minimum atomic E-state index is -0.0000477. The lowest BCUT2D eigenvalue weighted by Gasteiger charge is -2.50. The largest absolute Gasteiger partial charge is 0.459 e. The van der Waals surface area contributed by atoms with Crippen molar-refractivity contribution in [2.75, 3.05) is 0 Å². The topological polar surface area (TPSA) is 26.3 Å². The van der Waals surface area contributed by atoms with E-state index in [1.54, 1.807) is 0 Å². The molecular formula is C15H22O2. The van der Waals surface area contributed by atoms with Crippen molar-refractivity contribution in [1.82, 2.24) is 0 Å². The van der Waals surface area contributed by atoms with Gasteiger partial charge in [0.25, 0.3) is 0 Å². The van der Waals surface area contributed by atoms with Crippen LogP contribution in [0, 0.1) is 11.3 Å². The lowest BCUT2D eigenvalue weighted by Crippen LogP contribution is -2.50. The fourth-order valence-electron chi connectivity index (χ4n) is 4.33. The number of allylic oxidation sites excluding steroid dienone is 1. The Hall–Kier alpha value is -0.790. The monoisotopic (exact) mass is 234 g/mol. The summed E-state index contributed by atoms with van der Waals surface area (Å²) in [5.41, 5.74) is 1.25. The van der Waals surface area contributed by atoms with Crippen LogP contribution in [0.25, 0.3) is 0 Å². The highest BCUT2D eigenvalue weighted by Crippen LogP contribution is 2.58. The highest BCUT2D eigenvalue weighted by Gasteiger charge is 2.55. The summed E-state index contributed by atoms with van der Waals surface area (Å²) in [6, 6.07) is 0. The summed E-state index contributed by atoms with van der Waals surface area (Å²) in [4.78, 5) is 12.0. The number of unbranched alkanes of at least 4 members (excludes halogenated alkanes) is 1. The molecule has 1 spiro atoms. The Morgan fingerprint density at radius 3 is 3.18 bits per heavy atom. The Balaban J connectivity index is 1.92. The van der Waals surface area contributed by atoms with Gasteiger partial charge in [0.1, 0.15) is 6.10 Å². The number of fused-ring (bicyclic) bond motifs is 1. The normalized spacial score (nSPS) is 39.6. The molecule has 2 bridgehead atoms. The summed E-state index contributed by atoms with van der Waals surface area (Å²) < 4.78 is 5.67. The molecule has 1 heterocycles. The van der Waals surface area contributed by atoms with E-state index >= 15 is 0 Å². The van der Waals surface area contributed by atoms with Gasteiger partial charge in [0, 0.05) is 16.9 Å². The first kappa shape index (κ1) is 11.3. The zero-order chi connectivity index (χ0) is 11.9. The van der Waals surface area contributed by atoms with Gasteiger partial charge in [-0.1, -0.05) is 25.8 Å². The zero-order valence-electron chi connectivity index (χ0n) is 10.7. The number of carbonyl (C=O) groups excluding carboxylic acids is 1. The molecule has 3 aliphatic rings. The Morgan fingerprint density at radius 2 is 2.35 bits per heavy atom. The molecule has 2 fully saturated rings. The molecule has 3 rings (SSSR count). The molecule has 1 saturated heterocycles. The summed E-state index contributed by atoms with van der Waals surface area (Å²) in [5, 5.41) is 0. The van der Waals surface area contributed by atoms with E-state index in [1.165, 1.54) is 38.5 Å². The molecule has 94 valence electrons. The number of hydrogen-bond acceptors (Lipinski definition) is 2. The molecule has 17 heavy (non-hydrogen) atoms. The fraction of sp³-hybridized carbons (Fsp3) is 0.800. The van der Waals surface area contributed by atoms with Crippen LogP contribution in [0.15, 0.2) is 11.6 Å². The summed E-state index contributed by atoms with van der Waals surface area (Å²) >= 11 is 0. The quantitative estimate of drug-likeness (QED) is 0.697. The standard InChI is InChI=1S/C15H22O2/c1-2-3-6-11-13-8-5-10-15(11)9-4-7-12(15)14(16)17-13/h7,11,13H,2-6,8-10H2,1H3/t11-,13+,15-/m0/s1. The van der Waals surface area contributed by atoms with Crippen LogP contribution in [0.3, 0.4) is 0 Å². The van der Waals surface area contributed by atoms with Crippen LogP contribution in [-0.2, 0) is 9.53 Å². The van der Waals surface area contributed by atoms with Crippen molar-refractivity contribution in [2.45, 2.75) is 64.4 Å². The van der Waals surface area contributed by atoms with Crippen LogP contribution < -0.4 is 0 Å². The van der Waals surface area contributed by atoms with E-state index in [0.29, 0.717) is 5.92 Å². The van der Waals surface area contributed by atoms with Crippen molar-refractivity contribution in [1.29, 1.82) is 0 Å². The molecule has 2 nitrogen and oxygen atoms in total. The molecular weight excluding hydrogens is 212 g/mol. The van der Waals surface area contributed by atoms with Crippen LogP contribution >= 0.6 is 0 Å². The first-order valence-electron chi connectivity index (χ1n) is 7.19. The average Bonchev–Trinajstić information content (AvgIpc) is 2.72.